The van der Waals surface area contributed by atoms with Gasteiger partial charge >= 0.3 is 5.97 Å². The van der Waals surface area contributed by atoms with Crippen molar-refractivity contribution in [2.75, 3.05) is 0 Å². The molecule has 1 heterocycles. The van der Waals surface area contributed by atoms with Crippen LogP contribution in [-0.2, 0) is 0 Å². The van der Waals surface area contributed by atoms with E-state index in [-0.39, 0.29) is 22.5 Å². The van der Waals surface area contributed by atoms with Crippen LogP contribution in [-0.4, -0.2) is 27.6 Å². The highest BCUT2D eigenvalue weighted by molar-refractivity contribution is 5.90. The molecular formula is C11H7FN2O3. The molecule has 0 unspecified atom stereocenters. The molecule has 5 nitrogen and oxygen atoms in total. The van der Waals surface area contributed by atoms with Crippen molar-refractivity contribution in [3.63, 3.8) is 0 Å². The molecule has 0 spiro atoms. The molecule has 86 valence electrons. The number of rotatable bonds is 3. The van der Waals surface area contributed by atoms with Gasteiger partial charge in [0.15, 0.2) is 6.29 Å². The van der Waals surface area contributed by atoms with Crippen LogP contribution in [0, 0.1) is 5.82 Å². The Morgan fingerprint density at radius 2 is 2.18 bits per heavy atom. The van der Waals surface area contributed by atoms with Gasteiger partial charge in [0.25, 0.3) is 0 Å². The highest BCUT2D eigenvalue weighted by Crippen LogP contribution is 2.22. The molecule has 0 aliphatic heterocycles. The van der Waals surface area contributed by atoms with Crippen molar-refractivity contribution >= 4 is 12.3 Å². The zero-order valence-corrected chi connectivity index (χ0v) is 8.48. The summed E-state index contributed by atoms with van der Waals surface area (Å²) >= 11 is 0. The number of hydrogen-bond acceptors (Lipinski definition) is 3. The predicted octanol–water partition coefficient (Wildman–Crippen LogP) is 1.73. The molecule has 17 heavy (non-hydrogen) atoms. The van der Waals surface area contributed by atoms with Crippen LogP contribution in [0.1, 0.15) is 20.8 Å². The van der Waals surface area contributed by atoms with Gasteiger partial charge in [-0.05, 0) is 24.3 Å². The topological polar surface area (TPSA) is 83.0 Å². The first-order chi connectivity index (χ1) is 8.11. The fraction of sp³-hybridized carbons (Fsp3) is 0. The van der Waals surface area contributed by atoms with E-state index < -0.39 is 11.8 Å². The molecule has 0 atom stereocenters. The minimum absolute atomic E-state index is 0.124. The number of carboxylic acid groups (broad SMARTS) is 1. The second-order valence-electron chi connectivity index (χ2n) is 3.32. The first kappa shape index (κ1) is 11.0. The van der Waals surface area contributed by atoms with E-state index in [9.17, 15) is 14.0 Å². The van der Waals surface area contributed by atoms with E-state index in [1.165, 1.54) is 12.1 Å². The van der Waals surface area contributed by atoms with Crippen molar-refractivity contribution < 1.29 is 19.1 Å². The predicted molar refractivity (Wildman–Crippen MR) is 56.3 cm³/mol. The van der Waals surface area contributed by atoms with Crippen molar-refractivity contribution in [1.29, 1.82) is 0 Å². The number of aromatic carboxylic acids is 1. The fourth-order valence-electron chi connectivity index (χ4n) is 1.42. The second-order valence-corrected chi connectivity index (χ2v) is 3.32. The van der Waals surface area contributed by atoms with Crippen molar-refractivity contribution in [3.8, 4) is 11.3 Å². The van der Waals surface area contributed by atoms with Crippen LogP contribution >= 0.6 is 0 Å². The molecule has 1 aromatic heterocycles. The number of hydrogen-bond donors (Lipinski definition) is 2. The lowest BCUT2D eigenvalue weighted by atomic mass is 10.1. The number of carbonyl (C=O) groups excluding carboxylic acids is 1. The van der Waals surface area contributed by atoms with Gasteiger partial charge in [-0.15, -0.1) is 0 Å². The molecule has 1 aromatic carbocycles. The van der Waals surface area contributed by atoms with E-state index in [2.05, 4.69) is 10.2 Å². The third kappa shape index (κ3) is 2.05. The molecule has 0 bridgehead atoms. The van der Waals surface area contributed by atoms with Crippen molar-refractivity contribution in [3.05, 3.63) is 41.3 Å². The number of nitrogens with one attached hydrogen (secondary N) is 1. The van der Waals surface area contributed by atoms with E-state index in [1.54, 1.807) is 0 Å². The summed E-state index contributed by atoms with van der Waals surface area (Å²) in [6.45, 7) is 0. The Kier molecular flexibility index (Phi) is 2.70. The van der Waals surface area contributed by atoms with E-state index in [0.717, 1.165) is 12.1 Å². The van der Waals surface area contributed by atoms with Crippen molar-refractivity contribution in [2.24, 2.45) is 0 Å². The summed E-state index contributed by atoms with van der Waals surface area (Å²) in [7, 11) is 0. The molecule has 0 aliphatic rings. The summed E-state index contributed by atoms with van der Waals surface area (Å²) in [4.78, 5) is 21.4. The Hall–Kier alpha value is -2.50. The van der Waals surface area contributed by atoms with Gasteiger partial charge in [-0.3, -0.25) is 9.89 Å². The van der Waals surface area contributed by atoms with Gasteiger partial charge in [0.05, 0.1) is 5.69 Å². The normalized spacial score (nSPS) is 10.2. The largest absolute Gasteiger partial charge is 0.477 e. The van der Waals surface area contributed by atoms with Gasteiger partial charge < -0.3 is 5.11 Å². The number of aromatic nitrogens is 2. The van der Waals surface area contributed by atoms with E-state index in [0.29, 0.717) is 6.29 Å². The van der Waals surface area contributed by atoms with Gasteiger partial charge in [0.2, 0.25) is 0 Å². The molecule has 0 aliphatic carbocycles. The summed E-state index contributed by atoms with van der Waals surface area (Å²) in [6, 6.07) is 4.83. The van der Waals surface area contributed by atoms with Crippen LogP contribution in [0.4, 0.5) is 4.39 Å². The second kappa shape index (κ2) is 4.17. The Labute approximate surface area is 94.9 Å². The zero-order chi connectivity index (χ0) is 12.4. The number of carbonyl (C=O) groups is 2. The van der Waals surface area contributed by atoms with Crippen LogP contribution in [0.3, 0.4) is 0 Å². The number of halogens is 1. The smallest absolute Gasteiger partial charge is 0.353 e. The minimum Gasteiger partial charge on any atom is -0.477 e. The molecule has 0 saturated heterocycles. The highest BCUT2D eigenvalue weighted by atomic mass is 19.1. The number of aromatic amines is 1. The molecular weight excluding hydrogens is 227 g/mol. The van der Waals surface area contributed by atoms with Gasteiger partial charge in [-0.25, -0.2) is 9.18 Å². The molecule has 0 amide bonds. The van der Waals surface area contributed by atoms with Crippen LogP contribution in [0.2, 0.25) is 0 Å². The lowest BCUT2D eigenvalue weighted by Crippen LogP contribution is -1.95. The molecule has 2 N–H and O–H groups in total. The summed E-state index contributed by atoms with van der Waals surface area (Å²) in [5, 5.41) is 14.7. The molecule has 6 heteroatoms. The molecule has 2 aromatic rings. The standard InChI is InChI=1S/C11H7FN2O3/c12-7-2-1-6(5-15)8(3-7)9-4-10(11(16)17)14-13-9/h1-5H,(H,13,14)(H,16,17). The van der Waals surface area contributed by atoms with Gasteiger partial charge in [0.1, 0.15) is 11.5 Å². The molecule has 0 fully saturated rings. The first-order valence-corrected chi connectivity index (χ1v) is 4.65. The maximum absolute atomic E-state index is 13.1. The van der Waals surface area contributed by atoms with Gasteiger partial charge in [-0.2, -0.15) is 5.10 Å². The monoisotopic (exact) mass is 234 g/mol. The number of carboxylic acids is 1. The minimum atomic E-state index is -1.17. The SMILES string of the molecule is O=Cc1ccc(F)cc1-c1cc(C(=O)O)[nH]n1. The summed E-state index contributed by atoms with van der Waals surface area (Å²) in [5.74, 6) is -1.70. The van der Waals surface area contributed by atoms with Crippen LogP contribution in [0.5, 0.6) is 0 Å². The molecule has 0 saturated carbocycles. The maximum Gasteiger partial charge on any atom is 0.353 e. The van der Waals surface area contributed by atoms with Crippen LogP contribution in [0.25, 0.3) is 11.3 Å². The van der Waals surface area contributed by atoms with Crippen LogP contribution in [0.15, 0.2) is 24.3 Å². The first-order valence-electron chi connectivity index (χ1n) is 4.65. The maximum atomic E-state index is 13.1. The Morgan fingerprint density at radius 1 is 1.41 bits per heavy atom. The molecule has 0 radical (unpaired) electrons. The summed E-state index contributed by atoms with van der Waals surface area (Å²) < 4.78 is 13.1. The summed E-state index contributed by atoms with van der Waals surface area (Å²) in [6.07, 6.45) is 0.559. The lowest BCUT2D eigenvalue weighted by molar-refractivity contribution is 0.0690. The van der Waals surface area contributed by atoms with Gasteiger partial charge in [-0.1, -0.05) is 0 Å². The van der Waals surface area contributed by atoms with E-state index in [1.807, 2.05) is 0 Å². The third-order valence-corrected chi connectivity index (χ3v) is 2.23. The zero-order valence-electron chi connectivity index (χ0n) is 8.48. The Morgan fingerprint density at radius 3 is 2.76 bits per heavy atom. The van der Waals surface area contributed by atoms with E-state index in [4.69, 9.17) is 5.11 Å². The van der Waals surface area contributed by atoms with Crippen molar-refractivity contribution in [1.82, 2.24) is 10.2 Å². The summed E-state index contributed by atoms with van der Waals surface area (Å²) in [5.41, 5.74) is 0.587. The third-order valence-electron chi connectivity index (χ3n) is 2.23. The number of H-pyrrole nitrogens is 1. The van der Waals surface area contributed by atoms with Crippen molar-refractivity contribution in [2.45, 2.75) is 0 Å². The number of aldehydes is 1. The average Bonchev–Trinajstić information content (AvgIpc) is 2.78. The Balaban J connectivity index is 2.54. The quantitative estimate of drug-likeness (QED) is 0.792. The van der Waals surface area contributed by atoms with Crippen LogP contribution < -0.4 is 0 Å². The number of nitrogens with zero attached hydrogens (tertiary/aromatic N) is 1. The Bertz CT molecular complexity index is 592. The number of benzene rings is 1. The average molecular weight is 234 g/mol. The highest BCUT2D eigenvalue weighted by Gasteiger charge is 2.12. The lowest BCUT2D eigenvalue weighted by Gasteiger charge is -2.00. The molecule has 2 rings (SSSR count). The fourth-order valence-corrected chi connectivity index (χ4v) is 1.42. The van der Waals surface area contributed by atoms with E-state index >= 15 is 0 Å². The van der Waals surface area contributed by atoms with Gasteiger partial charge in [0, 0.05) is 11.1 Å².